The molecule has 0 N–H and O–H groups in total. The van der Waals surface area contributed by atoms with Crippen LogP contribution >= 0.6 is 0 Å². The minimum Gasteiger partial charge on any atom is -0.291 e. The summed E-state index contributed by atoms with van der Waals surface area (Å²) in [5, 5.41) is 8.34. The quantitative estimate of drug-likeness (QED) is 0.729. The molecule has 1 aliphatic rings. The van der Waals surface area contributed by atoms with Crippen molar-refractivity contribution < 1.29 is 0 Å². The SMILES string of the molecule is c1ccc(C(c2ccccn2)N2CCC(c3cccnn3)CC2)cc1. The number of benzene rings is 1. The Balaban J connectivity index is 1.55. The lowest BCUT2D eigenvalue weighted by Crippen LogP contribution is -2.37. The van der Waals surface area contributed by atoms with Crippen LogP contribution in [0.1, 0.15) is 41.8 Å². The van der Waals surface area contributed by atoms with E-state index in [9.17, 15) is 0 Å². The number of pyridine rings is 1. The third kappa shape index (κ3) is 3.59. The lowest BCUT2D eigenvalue weighted by Gasteiger charge is -2.37. The molecule has 0 radical (unpaired) electrons. The summed E-state index contributed by atoms with van der Waals surface area (Å²) < 4.78 is 0. The predicted octanol–water partition coefficient (Wildman–Crippen LogP) is 3.84. The molecule has 2 aromatic heterocycles. The van der Waals surface area contributed by atoms with Crippen LogP contribution in [-0.4, -0.2) is 33.2 Å². The van der Waals surface area contributed by atoms with Gasteiger partial charge in [0.05, 0.1) is 17.4 Å². The van der Waals surface area contributed by atoms with Gasteiger partial charge in [-0.1, -0.05) is 36.4 Å². The van der Waals surface area contributed by atoms with Crippen molar-refractivity contribution in [3.63, 3.8) is 0 Å². The van der Waals surface area contributed by atoms with Crippen molar-refractivity contribution in [1.82, 2.24) is 20.1 Å². The largest absolute Gasteiger partial charge is 0.291 e. The summed E-state index contributed by atoms with van der Waals surface area (Å²) in [4.78, 5) is 7.19. The Labute approximate surface area is 148 Å². The van der Waals surface area contributed by atoms with Gasteiger partial charge in [0, 0.05) is 18.3 Å². The van der Waals surface area contributed by atoms with Gasteiger partial charge in [0.15, 0.2) is 0 Å². The van der Waals surface area contributed by atoms with E-state index >= 15 is 0 Å². The second kappa shape index (κ2) is 7.53. The predicted molar refractivity (Wildman–Crippen MR) is 98.1 cm³/mol. The smallest absolute Gasteiger partial charge is 0.0776 e. The van der Waals surface area contributed by atoms with Gasteiger partial charge in [-0.3, -0.25) is 9.88 Å². The molecular weight excluding hydrogens is 308 g/mol. The monoisotopic (exact) mass is 330 g/mol. The van der Waals surface area contributed by atoms with Crippen molar-refractivity contribution in [1.29, 1.82) is 0 Å². The van der Waals surface area contributed by atoms with E-state index in [-0.39, 0.29) is 6.04 Å². The van der Waals surface area contributed by atoms with E-state index in [0.29, 0.717) is 5.92 Å². The molecule has 0 saturated carbocycles. The highest BCUT2D eigenvalue weighted by Gasteiger charge is 2.29. The fourth-order valence-corrected chi connectivity index (χ4v) is 3.73. The summed E-state index contributed by atoms with van der Waals surface area (Å²) in [7, 11) is 0. The van der Waals surface area contributed by atoms with Crippen molar-refractivity contribution in [2.45, 2.75) is 24.8 Å². The molecule has 3 aromatic rings. The highest BCUT2D eigenvalue weighted by molar-refractivity contribution is 5.28. The third-order valence-corrected chi connectivity index (χ3v) is 4.99. The first-order valence-corrected chi connectivity index (χ1v) is 8.89. The van der Waals surface area contributed by atoms with Gasteiger partial charge in [-0.15, -0.1) is 0 Å². The van der Waals surface area contributed by atoms with Gasteiger partial charge in [0.25, 0.3) is 0 Å². The molecule has 4 nitrogen and oxygen atoms in total. The van der Waals surface area contributed by atoms with E-state index in [0.717, 1.165) is 37.3 Å². The molecule has 1 aromatic carbocycles. The maximum absolute atomic E-state index is 4.64. The fourth-order valence-electron chi connectivity index (χ4n) is 3.73. The molecule has 0 aliphatic carbocycles. The number of nitrogens with zero attached hydrogens (tertiary/aromatic N) is 4. The molecule has 1 atom stereocenters. The van der Waals surface area contributed by atoms with Crippen LogP contribution < -0.4 is 0 Å². The summed E-state index contributed by atoms with van der Waals surface area (Å²) in [6.07, 6.45) is 5.84. The molecule has 3 heterocycles. The number of rotatable bonds is 4. The van der Waals surface area contributed by atoms with E-state index in [2.05, 4.69) is 68.6 Å². The molecule has 1 unspecified atom stereocenters. The van der Waals surface area contributed by atoms with Gasteiger partial charge < -0.3 is 0 Å². The average Bonchev–Trinajstić information content (AvgIpc) is 2.71. The van der Waals surface area contributed by atoms with Crippen LogP contribution in [0.2, 0.25) is 0 Å². The van der Waals surface area contributed by atoms with Gasteiger partial charge >= 0.3 is 0 Å². The second-order valence-electron chi connectivity index (χ2n) is 6.53. The Bertz CT molecular complexity index is 729. The first-order chi connectivity index (χ1) is 12.4. The van der Waals surface area contributed by atoms with E-state index in [1.165, 1.54) is 5.56 Å². The van der Waals surface area contributed by atoms with E-state index in [1.807, 2.05) is 18.3 Å². The normalized spacial score (nSPS) is 17.3. The third-order valence-electron chi connectivity index (χ3n) is 4.99. The molecule has 1 fully saturated rings. The van der Waals surface area contributed by atoms with Gasteiger partial charge in [0.1, 0.15) is 0 Å². The zero-order valence-electron chi connectivity index (χ0n) is 14.2. The molecule has 0 bridgehead atoms. The molecule has 0 amide bonds. The Morgan fingerprint density at radius 3 is 2.32 bits per heavy atom. The van der Waals surface area contributed by atoms with Crippen molar-refractivity contribution >= 4 is 0 Å². The standard InChI is InChI=1S/C21H22N4/c1-2-7-18(8-3-1)21(20-9-4-5-13-22-20)25-15-11-17(12-16-25)19-10-6-14-23-24-19/h1-10,13-14,17,21H,11-12,15-16H2. The second-order valence-corrected chi connectivity index (χ2v) is 6.53. The molecule has 4 rings (SSSR count). The van der Waals surface area contributed by atoms with Crippen LogP contribution in [0.4, 0.5) is 0 Å². The number of hydrogen-bond donors (Lipinski definition) is 0. The molecule has 1 saturated heterocycles. The van der Waals surface area contributed by atoms with Gasteiger partial charge in [0.2, 0.25) is 0 Å². The van der Waals surface area contributed by atoms with Crippen LogP contribution in [0.3, 0.4) is 0 Å². The Morgan fingerprint density at radius 2 is 1.64 bits per heavy atom. The molecule has 1 aliphatic heterocycles. The number of piperidine rings is 1. The topological polar surface area (TPSA) is 41.9 Å². The molecular formula is C21H22N4. The van der Waals surface area contributed by atoms with Crippen molar-refractivity contribution in [3.8, 4) is 0 Å². The molecule has 25 heavy (non-hydrogen) atoms. The highest BCUT2D eigenvalue weighted by Crippen LogP contribution is 2.34. The van der Waals surface area contributed by atoms with Crippen LogP contribution in [0.15, 0.2) is 73.1 Å². The van der Waals surface area contributed by atoms with Crippen LogP contribution in [0.5, 0.6) is 0 Å². The first kappa shape index (κ1) is 15.9. The Kier molecular flexibility index (Phi) is 4.79. The molecule has 0 spiro atoms. The van der Waals surface area contributed by atoms with Crippen molar-refractivity contribution in [2.24, 2.45) is 0 Å². The number of aromatic nitrogens is 3. The number of hydrogen-bond acceptors (Lipinski definition) is 4. The zero-order chi connectivity index (χ0) is 16.9. The van der Waals surface area contributed by atoms with Crippen molar-refractivity contribution in [3.05, 3.63) is 90.0 Å². The van der Waals surface area contributed by atoms with Gasteiger partial charge in [-0.25, -0.2) is 0 Å². The van der Waals surface area contributed by atoms with Crippen molar-refractivity contribution in [2.75, 3.05) is 13.1 Å². The average molecular weight is 330 g/mol. The summed E-state index contributed by atoms with van der Waals surface area (Å²) >= 11 is 0. The van der Waals surface area contributed by atoms with Crippen LogP contribution in [0, 0.1) is 0 Å². The van der Waals surface area contributed by atoms with E-state index in [1.54, 1.807) is 6.20 Å². The first-order valence-electron chi connectivity index (χ1n) is 8.89. The molecule has 4 heteroatoms. The summed E-state index contributed by atoms with van der Waals surface area (Å²) in [6, 6.07) is 21.2. The summed E-state index contributed by atoms with van der Waals surface area (Å²) in [5.41, 5.74) is 3.54. The lowest BCUT2D eigenvalue weighted by molar-refractivity contribution is 0.170. The maximum Gasteiger partial charge on any atom is 0.0776 e. The summed E-state index contributed by atoms with van der Waals surface area (Å²) in [5.74, 6) is 0.505. The highest BCUT2D eigenvalue weighted by atomic mass is 15.2. The summed E-state index contributed by atoms with van der Waals surface area (Å²) in [6.45, 7) is 2.08. The fraction of sp³-hybridized carbons (Fsp3) is 0.286. The Morgan fingerprint density at radius 1 is 0.840 bits per heavy atom. The minimum absolute atomic E-state index is 0.213. The van der Waals surface area contributed by atoms with E-state index in [4.69, 9.17) is 0 Å². The van der Waals surface area contributed by atoms with Gasteiger partial charge in [-0.2, -0.15) is 10.2 Å². The number of likely N-dealkylation sites (tertiary alicyclic amines) is 1. The van der Waals surface area contributed by atoms with Gasteiger partial charge in [-0.05, 0) is 55.8 Å². The zero-order valence-corrected chi connectivity index (χ0v) is 14.2. The maximum atomic E-state index is 4.64. The van der Waals surface area contributed by atoms with E-state index < -0.39 is 0 Å². The minimum atomic E-state index is 0.213. The Hall–Kier alpha value is -2.59. The van der Waals surface area contributed by atoms with Crippen LogP contribution in [0.25, 0.3) is 0 Å². The lowest BCUT2D eigenvalue weighted by atomic mass is 9.90. The van der Waals surface area contributed by atoms with Crippen LogP contribution in [-0.2, 0) is 0 Å². The molecule has 126 valence electrons.